The molecule has 3 unspecified atom stereocenters. The Labute approximate surface area is 348 Å². The Kier molecular flexibility index (Phi) is 36.4. The van der Waals surface area contributed by atoms with E-state index in [1.807, 2.05) is 63.7 Å². The number of carbonyl (C=O) groups is 2. The van der Waals surface area contributed by atoms with Crippen LogP contribution in [0.15, 0.2) is 60.8 Å². The first-order chi connectivity index (χ1) is 27.4. The molecule has 10 nitrogen and oxygen atoms in total. The second kappa shape index (κ2) is 37.9. The molecule has 0 aromatic carbocycles. The number of phosphoric ester groups is 1. The van der Waals surface area contributed by atoms with Gasteiger partial charge in [-0.1, -0.05) is 164 Å². The Balaban J connectivity index is 4.49. The normalized spacial score (nSPS) is 14.7. The van der Waals surface area contributed by atoms with Crippen molar-refractivity contribution in [2.45, 2.75) is 174 Å². The Morgan fingerprint density at radius 3 is 1.77 bits per heavy atom. The molecule has 2 N–H and O–H groups in total. The lowest BCUT2D eigenvalue weighted by atomic mass is 10.0. The molecule has 0 saturated carbocycles. The first-order valence-corrected chi connectivity index (χ1v) is 23.6. The summed E-state index contributed by atoms with van der Waals surface area (Å²) in [6, 6.07) is 0. The Bertz CT molecular complexity index is 1170. The largest absolute Gasteiger partial charge is 0.472 e. The van der Waals surface area contributed by atoms with E-state index in [1.54, 1.807) is 6.08 Å². The van der Waals surface area contributed by atoms with Crippen LogP contribution in [0.2, 0.25) is 0 Å². The van der Waals surface area contributed by atoms with E-state index in [9.17, 15) is 24.2 Å². The van der Waals surface area contributed by atoms with Gasteiger partial charge in [-0.05, 0) is 44.9 Å². The van der Waals surface area contributed by atoms with Gasteiger partial charge < -0.3 is 24.0 Å². The highest BCUT2D eigenvalue weighted by atomic mass is 31.2. The molecule has 0 aliphatic rings. The number of unbranched alkanes of at least 4 members (excludes halogenated alkanes) is 15. The maximum atomic E-state index is 12.7. The van der Waals surface area contributed by atoms with Gasteiger partial charge in [-0.15, -0.1) is 0 Å². The van der Waals surface area contributed by atoms with Crippen molar-refractivity contribution in [3.63, 3.8) is 0 Å². The van der Waals surface area contributed by atoms with E-state index < -0.39 is 38.6 Å². The zero-order chi connectivity index (χ0) is 42.3. The molecule has 0 fully saturated rings. The number of rotatable bonds is 39. The highest BCUT2D eigenvalue weighted by molar-refractivity contribution is 7.47. The van der Waals surface area contributed by atoms with Gasteiger partial charge in [-0.3, -0.25) is 18.6 Å². The van der Waals surface area contributed by atoms with Gasteiger partial charge in [0.1, 0.15) is 19.8 Å². The van der Waals surface area contributed by atoms with E-state index in [0.717, 1.165) is 38.5 Å². The molecule has 11 heteroatoms. The maximum Gasteiger partial charge on any atom is 0.472 e. The summed E-state index contributed by atoms with van der Waals surface area (Å²) in [7, 11) is 1.40. The monoisotopic (exact) mass is 825 g/mol. The average molecular weight is 825 g/mol. The molecule has 0 aliphatic heterocycles. The topological polar surface area (TPSA) is 129 Å². The van der Waals surface area contributed by atoms with E-state index in [4.69, 9.17) is 18.5 Å². The number of ether oxygens (including phenoxy) is 2. The van der Waals surface area contributed by atoms with Gasteiger partial charge in [-0.2, -0.15) is 0 Å². The Hall–Kier alpha value is -2.33. The minimum absolute atomic E-state index is 0.0109. The second-order valence-corrected chi connectivity index (χ2v) is 17.4. The molecule has 330 valence electrons. The van der Waals surface area contributed by atoms with Crippen LogP contribution in [-0.2, 0) is 32.7 Å². The first-order valence-electron chi connectivity index (χ1n) is 22.1. The number of carbonyl (C=O) groups excluding carboxylic acids is 2. The molecular formula is C46H83NO9P+. The number of aliphatic hydroxyl groups is 1. The molecule has 0 spiro atoms. The molecule has 0 amide bonds. The third kappa shape index (κ3) is 41.6. The Morgan fingerprint density at radius 2 is 1.19 bits per heavy atom. The summed E-state index contributed by atoms with van der Waals surface area (Å²) in [4.78, 5) is 35.3. The molecule has 0 aromatic rings. The second-order valence-electron chi connectivity index (χ2n) is 15.9. The van der Waals surface area contributed by atoms with Crippen LogP contribution in [0.1, 0.15) is 162 Å². The van der Waals surface area contributed by atoms with Gasteiger partial charge in [0.15, 0.2) is 6.10 Å². The molecule has 0 bridgehead atoms. The number of quaternary nitrogens is 1. The van der Waals surface area contributed by atoms with Crippen LogP contribution < -0.4 is 0 Å². The number of likely N-dealkylation sites (N-methyl/N-ethyl adjacent to an activating group) is 1. The molecule has 0 aliphatic carbocycles. The number of phosphoric acid groups is 1. The molecule has 3 atom stereocenters. The van der Waals surface area contributed by atoms with E-state index >= 15 is 0 Å². The highest BCUT2D eigenvalue weighted by Gasteiger charge is 2.27. The lowest BCUT2D eigenvalue weighted by molar-refractivity contribution is -0.870. The molecular weight excluding hydrogens is 741 g/mol. The third-order valence-electron chi connectivity index (χ3n) is 9.14. The molecule has 57 heavy (non-hydrogen) atoms. The SMILES string of the molecule is CC/C=C\C=C\C(O)C/C=C\C/C=C\C/C=C\CCCC(=O)OC(COC(=O)CCCCCCCCCCCCCCCCC)COP(=O)(O)OCC[N+](C)(C)C. The predicted octanol–water partition coefficient (Wildman–Crippen LogP) is 11.4. The van der Waals surface area contributed by atoms with Gasteiger partial charge >= 0.3 is 19.8 Å². The summed E-state index contributed by atoms with van der Waals surface area (Å²) < 4.78 is 34.2. The Morgan fingerprint density at radius 1 is 0.649 bits per heavy atom. The number of hydrogen-bond acceptors (Lipinski definition) is 8. The van der Waals surface area contributed by atoms with Crippen LogP contribution in [0.4, 0.5) is 0 Å². The highest BCUT2D eigenvalue weighted by Crippen LogP contribution is 2.43. The van der Waals surface area contributed by atoms with Crippen molar-refractivity contribution < 1.29 is 47.2 Å². The lowest BCUT2D eigenvalue weighted by Gasteiger charge is -2.24. The standard InChI is InChI=1S/C46H82NO9P/c1-6-8-10-12-13-14-15-16-17-18-19-23-26-29-33-37-45(49)53-41-44(42-55-57(51,52)54-40-39-47(3,4)5)56-46(50)38-34-30-27-24-21-20-22-25-28-32-36-43(48)35-31-11-9-7-2/h9,11,20,22,24,27-28,31-32,35,43-44,48H,6-8,10,12-19,21,23,25-26,29-30,33-34,36-42H2,1-5H3/p+1/b11-9-,22-20-,27-24-,32-28-,35-31+. The zero-order valence-electron chi connectivity index (χ0n) is 36.7. The van der Waals surface area contributed by atoms with Gasteiger partial charge in [0.2, 0.25) is 0 Å². The van der Waals surface area contributed by atoms with E-state index in [1.165, 1.54) is 77.0 Å². The number of esters is 2. The van der Waals surface area contributed by atoms with Crippen LogP contribution in [0.25, 0.3) is 0 Å². The van der Waals surface area contributed by atoms with Crippen LogP contribution in [0.5, 0.6) is 0 Å². The van der Waals surface area contributed by atoms with Gasteiger partial charge in [0.25, 0.3) is 0 Å². The summed E-state index contributed by atoms with van der Waals surface area (Å²) in [5.74, 6) is -0.895. The van der Waals surface area contributed by atoms with E-state index in [-0.39, 0.29) is 26.1 Å². The van der Waals surface area contributed by atoms with Crippen molar-refractivity contribution in [2.24, 2.45) is 0 Å². The van der Waals surface area contributed by atoms with Crippen LogP contribution in [0.3, 0.4) is 0 Å². The van der Waals surface area contributed by atoms with Crippen molar-refractivity contribution in [1.29, 1.82) is 0 Å². The average Bonchev–Trinajstić information content (AvgIpc) is 3.15. The van der Waals surface area contributed by atoms with Crippen LogP contribution in [0, 0.1) is 0 Å². The van der Waals surface area contributed by atoms with Crippen molar-refractivity contribution >= 4 is 19.8 Å². The first kappa shape index (κ1) is 54.7. The molecule has 0 aromatic heterocycles. The van der Waals surface area contributed by atoms with Gasteiger partial charge in [0, 0.05) is 12.8 Å². The fraction of sp³-hybridized carbons (Fsp3) is 0.739. The fourth-order valence-corrected chi connectivity index (χ4v) is 6.39. The van der Waals surface area contributed by atoms with Crippen LogP contribution in [-0.4, -0.2) is 86.1 Å². The predicted molar refractivity (Wildman–Crippen MR) is 235 cm³/mol. The van der Waals surface area contributed by atoms with E-state index in [0.29, 0.717) is 30.3 Å². The summed E-state index contributed by atoms with van der Waals surface area (Å²) in [6.07, 6.45) is 41.7. The smallest absolute Gasteiger partial charge is 0.462 e. The van der Waals surface area contributed by atoms with Crippen molar-refractivity contribution in [2.75, 3.05) is 47.5 Å². The van der Waals surface area contributed by atoms with Crippen molar-refractivity contribution in [3.05, 3.63) is 60.8 Å². The van der Waals surface area contributed by atoms with Crippen LogP contribution >= 0.6 is 7.82 Å². The molecule has 0 heterocycles. The number of aliphatic hydroxyl groups excluding tert-OH is 1. The van der Waals surface area contributed by atoms with Crippen molar-refractivity contribution in [1.82, 2.24) is 0 Å². The minimum atomic E-state index is -4.40. The van der Waals surface area contributed by atoms with Gasteiger partial charge in [-0.25, -0.2) is 4.57 Å². The quantitative estimate of drug-likeness (QED) is 0.0155. The number of nitrogens with zero attached hydrogens (tertiary/aromatic N) is 1. The minimum Gasteiger partial charge on any atom is -0.462 e. The lowest BCUT2D eigenvalue weighted by Crippen LogP contribution is -2.37. The number of hydrogen-bond donors (Lipinski definition) is 2. The summed E-state index contributed by atoms with van der Waals surface area (Å²) >= 11 is 0. The molecule has 0 rings (SSSR count). The zero-order valence-corrected chi connectivity index (χ0v) is 37.6. The molecule has 0 radical (unpaired) electrons. The molecule has 0 saturated heterocycles. The summed E-state index contributed by atoms with van der Waals surface area (Å²) in [5, 5.41) is 9.93. The summed E-state index contributed by atoms with van der Waals surface area (Å²) in [6.45, 7) is 4.12. The van der Waals surface area contributed by atoms with E-state index in [2.05, 4.69) is 26.0 Å². The summed E-state index contributed by atoms with van der Waals surface area (Å²) in [5.41, 5.74) is 0. The fourth-order valence-electron chi connectivity index (χ4n) is 5.65. The third-order valence-corrected chi connectivity index (χ3v) is 10.1. The maximum absolute atomic E-state index is 12.7. The van der Waals surface area contributed by atoms with Crippen molar-refractivity contribution in [3.8, 4) is 0 Å². The number of allylic oxidation sites excluding steroid dienone is 8. The van der Waals surface area contributed by atoms with Gasteiger partial charge in [0.05, 0.1) is 33.9 Å².